The molecule has 1 heterocycles. The van der Waals surface area contributed by atoms with Crippen LogP contribution in [-0.4, -0.2) is 16.3 Å². The second-order valence-corrected chi connectivity index (χ2v) is 7.08. The van der Waals surface area contributed by atoms with Crippen molar-refractivity contribution in [1.29, 1.82) is 0 Å². The summed E-state index contributed by atoms with van der Waals surface area (Å²) in [4.78, 5) is 12.3. The Hall–Kier alpha value is -1.00. The minimum atomic E-state index is -0.546. The summed E-state index contributed by atoms with van der Waals surface area (Å²) in [7, 11) is 0. The summed E-state index contributed by atoms with van der Waals surface area (Å²) in [6.07, 6.45) is 1.19. The predicted octanol–water partition coefficient (Wildman–Crippen LogP) is 5.46. The molecule has 0 aliphatic rings. The molecule has 0 saturated heterocycles. The number of aryl methyl sites for hydroxylation is 2. The lowest BCUT2D eigenvalue weighted by molar-refractivity contribution is 0.0544. The van der Waals surface area contributed by atoms with Crippen LogP contribution in [0.2, 0.25) is 5.02 Å². The molecule has 0 fully saturated rings. The van der Waals surface area contributed by atoms with Crippen molar-refractivity contribution >= 4 is 44.5 Å². The van der Waals surface area contributed by atoms with Gasteiger partial charge < -0.3 is 4.74 Å². The highest BCUT2D eigenvalue weighted by Crippen LogP contribution is 2.36. The molecule has 20 heavy (non-hydrogen) atoms. The molecule has 1 aromatic heterocycles. The minimum absolute atomic E-state index is 0.423. The van der Waals surface area contributed by atoms with Crippen LogP contribution < -0.4 is 0 Å². The number of hydrogen-bond donors (Lipinski definition) is 0. The largest absolute Gasteiger partial charge is 0.443 e. The summed E-state index contributed by atoms with van der Waals surface area (Å²) in [5.74, 6) is 0. The van der Waals surface area contributed by atoms with Gasteiger partial charge >= 0.3 is 6.09 Å². The number of carbonyl (C=O) groups is 1. The van der Waals surface area contributed by atoms with E-state index in [4.69, 9.17) is 16.3 Å². The average Bonchev–Trinajstić information content (AvgIpc) is 2.62. The van der Waals surface area contributed by atoms with Crippen molar-refractivity contribution in [3.8, 4) is 0 Å². The van der Waals surface area contributed by atoms with Gasteiger partial charge in [0.1, 0.15) is 5.60 Å². The Balaban J connectivity index is 2.68. The van der Waals surface area contributed by atoms with Gasteiger partial charge in [-0.2, -0.15) is 0 Å². The van der Waals surface area contributed by atoms with Crippen molar-refractivity contribution in [3.63, 3.8) is 0 Å². The summed E-state index contributed by atoms with van der Waals surface area (Å²) >= 11 is 9.82. The molecule has 2 aromatic rings. The quantitative estimate of drug-likeness (QED) is 0.626. The normalized spacial score (nSPS) is 11.9. The van der Waals surface area contributed by atoms with Crippen LogP contribution in [0, 0.1) is 13.8 Å². The van der Waals surface area contributed by atoms with Gasteiger partial charge in [-0.05, 0) is 61.7 Å². The van der Waals surface area contributed by atoms with Crippen molar-refractivity contribution in [2.24, 2.45) is 0 Å². The van der Waals surface area contributed by atoms with Crippen LogP contribution in [0.3, 0.4) is 0 Å². The number of ether oxygens (including phenoxy) is 1. The van der Waals surface area contributed by atoms with E-state index in [9.17, 15) is 4.79 Å². The molecule has 0 aliphatic heterocycles. The van der Waals surface area contributed by atoms with Crippen molar-refractivity contribution in [1.82, 2.24) is 4.57 Å². The zero-order chi connectivity index (χ0) is 15.2. The maximum absolute atomic E-state index is 12.3. The molecule has 0 atom stereocenters. The Morgan fingerprint density at radius 3 is 2.45 bits per heavy atom. The third-order valence-corrected chi connectivity index (χ3v) is 4.23. The van der Waals surface area contributed by atoms with Crippen molar-refractivity contribution in [2.45, 2.75) is 40.2 Å². The Morgan fingerprint density at radius 2 is 1.90 bits per heavy atom. The summed E-state index contributed by atoms with van der Waals surface area (Å²) in [6, 6.07) is 2.02. The number of carbonyl (C=O) groups excluding carboxylic acids is 1. The second kappa shape index (κ2) is 5.08. The van der Waals surface area contributed by atoms with Gasteiger partial charge in [0.05, 0.1) is 10.5 Å². The molecule has 108 valence electrons. The first-order valence-corrected chi connectivity index (χ1v) is 7.48. The zero-order valence-corrected chi connectivity index (χ0v) is 14.5. The van der Waals surface area contributed by atoms with Crippen LogP contribution in [0.15, 0.2) is 16.7 Å². The average molecular weight is 359 g/mol. The molecule has 0 bridgehead atoms. The minimum Gasteiger partial charge on any atom is -0.443 e. The molecule has 5 heteroatoms. The Labute approximate surface area is 132 Å². The summed E-state index contributed by atoms with van der Waals surface area (Å²) < 4.78 is 7.80. The van der Waals surface area contributed by atoms with Crippen LogP contribution in [0.4, 0.5) is 4.79 Å². The van der Waals surface area contributed by atoms with E-state index in [1.165, 1.54) is 4.57 Å². The van der Waals surface area contributed by atoms with E-state index < -0.39 is 11.7 Å². The van der Waals surface area contributed by atoms with Crippen molar-refractivity contribution < 1.29 is 9.53 Å². The van der Waals surface area contributed by atoms with Gasteiger partial charge in [-0.25, -0.2) is 4.79 Å². The molecule has 0 radical (unpaired) electrons. The lowest BCUT2D eigenvalue weighted by Gasteiger charge is -2.20. The van der Waals surface area contributed by atoms with Crippen molar-refractivity contribution in [3.05, 3.63) is 32.9 Å². The molecule has 2 rings (SSSR count). The molecule has 0 spiro atoms. The second-order valence-electron chi connectivity index (χ2n) is 5.88. The van der Waals surface area contributed by atoms with E-state index in [1.54, 1.807) is 6.20 Å². The van der Waals surface area contributed by atoms with Crippen molar-refractivity contribution in [2.75, 3.05) is 0 Å². The van der Waals surface area contributed by atoms with E-state index >= 15 is 0 Å². The highest BCUT2D eigenvalue weighted by Gasteiger charge is 2.22. The van der Waals surface area contributed by atoms with Gasteiger partial charge in [-0.15, -0.1) is 0 Å². The third-order valence-electron chi connectivity index (χ3n) is 2.92. The van der Waals surface area contributed by atoms with E-state index in [2.05, 4.69) is 15.9 Å². The smallest absolute Gasteiger partial charge is 0.419 e. The van der Waals surface area contributed by atoms with Gasteiger partial charge in [0.15, 0.2) is 0 Å². The maximum atomic E-state index is 12.3. The molecule has 0 unspecified atom stereocenters. The number of benzene rings is 1. The van der Waals surface area contributed by atoms with Gasteiger partial charge in [0.25, 0.3) is 0 Å². The van der Waals surface area contributed by atoms with Gasteiger partial charge in [-0.3, -0.25) is 4.57 Å². The molecular formula is C15H17BrClNO2. The molecule has 0 saturated carbocycles. The lowest BCUT2D eigenvalue weighted by Crippen LogP contribution is -2.26. The first-order chi connectivity index (χ1) is 9.11. The summed E-state index contributed by atoms with van der Waals surface area (Å²) in [5, 5.41) is 1.37. The fraction of sp³-hybridized carbons (Fsp3) is 0.400. The number of aromatic nitrogens is 1. The number of halogens is 2. The SMILES string of the molecule is Cc1cc(C)c2c(c(Cl)cn2C(=O)OC(C)(C)C)c1Br. The third kappa shape index (κ3) is 2.72. The van der Waals surface area contributed by atoms with Crippen LogP contribution >= 0.6 is 27.5 Å². The molecule has 0 N–H and O–H groups in total. The first kappa shape index (κ1) is 15.4. The van der Waals surface area contributed by atoms with Crippen LogP contribution in [0.25, 0.3) is 10.9 Å². The Kier molecular flexibility index (Phi) is 3.91. The Bertz CT molecular complexity index is 698. The number of hydrogen-bond acceptors (Lipinski definition) is 2. The predicted molar refractivity (Wildman–Crippen MR) is 85.8 cm³/mol. The van der Waals surface area contributed by atoms with Gasteiger partial charge in [-0.1, -0.05) is 17.7 Å². The van der Waals surface area contributed by atoms with Crippen LogP contribution in [-0.2, 0) is 4.74 Å². The fourth-order valence-corrected chi connectivity index (χ4v) is 3.09. The van der Waals surface area contributed by atoms with Crippen LogP contribution in [0.5, 0.6) is 0 Å². The zero-order valence-electron chi connectivity index (χ0n) is 12.2. The lowest BCUT2D eigenvalue weighted by atomic mass is 10.1. The van der Waals surface area contributed by atoms with Crippen LogP contribution in [0.1, 0.15) is 31.9 Å². The molecule has 1 aromatic carbocycles. The number of rotatable bonds is 0. The van der Waals surface area contributed by atoms with Gasteiger partial charge in [0, 0.05) is 16.1 Å². The highest BCUT2D eigenvalue weighted by molar-refractivity contribution is 9.10. The topological polar surface area (TPSA) is 31.2 Å². The molecule has 0 aliphatic carbocycles. The summed E-state index contributed by atoms with van der Waals surface area (Å²) in [5.41, 5.74) is 2.30. The van der Waals surface area contributed by atoms with E-state index in [1.807, 2.05) is 40.7 Å². The molecular weight excluding hydrogens is 342 g/mol. The first-order valence-electron chi connectivity index (χ1n) is 6.31. The van der Waals surface area contributed by atoms with E-state index in [0.29, 0.717) is 5.02 Å². The van der Waals surface area contributed by atoms with Gasteiger partial charge in [0.2, 0.25) is 0 Å². The van der Waals surface area contributed by atoms with E-state index in [-0.39, 0.29) is 0 Å². The van der Waals surface area contributed by atoms with E-state index in [0.717, 1.165) is 26.5 Å². The standard InChI is InChI=1S/C15H17BrClNO2/c1-8-6-9(2)13-11(12(8)16)10(17)7-18(13)14(19)20-15(3,4)5/h6-7H,1-5H3. The Morgan fingerprint density at radius 1 is 1.30 bits per heavy atom. The molecule has 3 nitrogen and oxygen atoms in total. The monoisotopic (exact) mass is 357 g/mol. The number of fused-ring (bicyclic) bond motifs is 1. The summed E-state index contributed by atoms with van der Waals surface area (Å²) in [6.45, 7) is 9.47. The highest BCUT2D eigenvalue weighted by atomic mass is 79.9. The fourth-order valence-electron chi connectivity index (χ4n) is 2.18. The molecule has 0 amide bonds. The maximum Gasteiger partial charge on any atom is 0.419 e. The number of nitrogens with zero attached hydrogens (tertiary/aromatic N) is 1.